The van der Waals surface area contributed by atoms with Crippen LogP contribution < -0.4 is 4.74 Å². The lowest BCUT2D eigenvalue weighted by Crippen LogP contribution is -2.41. The van der Waals surface area contributed by atoms with Gasteiger partial charge in [0.1, 0.15) is 11.6 Å². The van der Waals surface area contributed by atoms with Gasteiger partial charge in [-0.15, -0.1) is 0 Å². The first-order chi connectivity index (χ1) is 9.31. The van der Waals surface area contributed by atoms with Crippen molar-refractivity contribution in [2.24, 2.45) is 5.92 Å². The van der Waals surface area contributed by atoms with E-state index in [1.165, 1.54) is 43.1 Å². The molecule has 0 heterocycles. The van der Waals surface area contributed by atoms with Crippen molar-refractivity contribution in [1.29, 1.82) is 0 Å². The predicted octanol–water partition coefficient (Wildman–Crippen LogP) is 1.77. The number of benzene rings is 1. The number of rotatable bonds is 6. The van der Waals surface area contributed by atoms with Gasteiger partial charge in [0.2, 0.25) is 0 Å². The fourth-order valence-electron chi connectivity index (χ4n) is 1.66. The van der Waals surface area contributed by atoms with E-state index in [4.69, 9.17) is 9.84 Å². The summed E-state index contributed by atoms with van der Waals surface area (Å²) in [5.74, 6) is -1.95. The van der Waals surface area contributed by atoms with E-state index in [1.807, 2.05) is 0 Å². The molecular weight excluding hydrogens is 265 g/mol. The molecule has 6 heteroatoms. The van der Waals surface area contributed by atoms with Gasteiger partial charge in [0.15, 0.2) is 6.10 Å². The fourth-order valence-corrected chi connectivity index (χ4v) is 1.66. The maximum atomic E-state index is 12.7. The van der Waals surface area contributed by atoms with Crippen LogP contribution in [0, 0.1) is 11.7 Å². The summed E-state index contributed by atoms with van der Waals surface area (Å²) < 4.78 is 18.1. The van der Waals surface area contributed by atoms with Crippen molar-refractivity contribution in [1.82, 2.24) is 4.90 Å². The minimum atomic E-state index is -0.961. The number of hydrogen-bond donors (Lipinski definition) is 1. The Bertz CT molecular complexity index is 475. The highest BCUT2D eigenvalue weighted by atomic mass is 19.1. The van der Waals surface area contributed by atoms with E-state index in [1.54, 1.807) is 6.92 Å². The van der Waals surface area contributed by atoms with Gasteiger partial charge in [-0.05, 0) is 31.2 Å². The average Bonchev–Trinajstić information content (AvgIpc) is 2.40. The molecule has 0 saturated carbocycles. The molecule has 1 amide bonds. The molecule has 2 unspecified atom stereocenters. The van der Waals surface area contributed by atoms with Gasteiger partial charge >= 0.3 is 5.97 Å². The molecule has 0 bridgehead atoms. The first kappa shape index (κ1) is 15.9. The Morgan fingerprint density at radius 2 is 1.85 bits per heavy atom. The number of carboxylic acid groups (broad SMARTS) is 1. The predicted molar refractivity (Wildman–Crippen MR) is 70.9 cm³/mol. The summed E-state index contributed by atoms with van der Waals surface area (Å²) in [5, 5.41) is 8.81. The number of nitrogens with zero attached hydrogens (tertiary/aromatic N) is 1. The van der Waals surface area contributed by atoms with Gasteiger partial charge in [-0.25, -0.2) is 4.39 Å². The molecule has 1 N–H and O–H groups in total. The second-order valence-corrected chi connectivity index (χ2v) is 4.67. The largest absolute Gasteiger partial charge is 0.481 e. The maximum absolute atomic E-state index is 12.7. The first-order valence-corrected chi connectivity index (χ1v) is 6.21. The van der Waals surface area contributed by atoms with Crippen LogP contribution in [0.4, 0.5) is 4.39 Å². The summed E-state index contributed by atoms with van der Waals surface area (Å²) in [4.78, 5) is 24.1. The van der Waals surface area contributed by atoms with Crippen molar-refractivity contribution in [3.8, 4) is 5.75 Å². The standard InChI is InChI=1S/C14H18FNO4/c1-9(14(18)19)8-16(3)13(17)10(2)20-12-6-4-11(15)5-7-12/h4-7,9-10H,8H2,1-3H3,(H,18,19). The molecule has 1 aromatic rings. The van der Waals surface area contributed by atoms with Crippen molar-refractivity contribution in [2.75, 3.05) is 13.6 Å². The minimum absolute atomic E-state index is 0.102. The maximum Gasteiger partial charge on any atom is 0.308 e. The van der Waals surface area contributed by atoms with Crippen molar-refractivity contribution < 1.29 is 23.8 Å². The topological polar surface area (TPSA) is 66.8 Å². The molecule has 20 heavy (non-hydrogen) atoms. The number of ether oxygens (including phenoxy) is 1. The van der Waals surface area contributed by atoms with E-state index in [0.717, 1.165) is 0 Å². The molecule has 0 radical (unpaired) electrons. The third-order valence-electron chi connectivity index (χ3n) is 2.82. The molecule has 0 aromatic heterocycles. The second-order valence-electron chi connectivity index (χ2n) is 4.67. The summed E-state index contributed by atoms with van der Waals surface area (Å²) in [5.41, 5.74) is 0. The van der Waals surface area contributed by atoms with E-state index in [9.17, 15) is 14.0 Å². The SMILES string of the molecule is CC(CN(C)C(=O)C(C)Oc1ccc(F)cc1)C(=O)O. The molecule has 0 fully saturated rings. The molecule has 0 spiro atoms. The highest BCUT2D eigenvalue weighted by Crippen LogP contribution is 2.14. The molecule has 1 aromatic carbocycles. The lowest BCUT2D eigenvalue weighted by atomic mass is 10.1. The minimum Gasteiger partial charge on any atom is -0.481 e. The van der Waals surface area contributed by atoms with E-state index in [-0.39, 0.29) is 18.3 Å². The lowest BCUT2D eigenvalue weighted by Gasteiger charge is -2.23. The number of carbonyl (C=O) groups excluding carboxylic acids is 1. The van der Waals surface area contributed by atoms with E-state index < -0.39 is 18.0 Å². The Hall–Kier alpha value is -2.11. The quantitative estimate of drug-likeness (QED) is 0.864. The zero-order valence-corrected chi connectivity index (χ0v) is 11.7. The summed E-state index contributed by atoms with van der Waals surface area (Å²) in [6.07, 6.45) is -0.772. The number of amides is 1. The van der Waals surface area contributed by atoms with E-state index in [2.05, 4.69) is 0 Å². The number of carbonyl (C=O) groups is 2. The van der Waals surface area contributed by atoms with Crippen LogP contribution in [0.2, 0.25) is 0 Å². The Labute approximate surface area is 117 Å². The van der Waals surface area contributed by atoms with Gasteiger partial charge in [-0.3, -0.25) is 9.59 Å². The summed E-state index contributed by atoms with van der Waals surface area (Å²) in [6.45, 7) is 3.19. The Morgan fingerprint density at radius 1 is 1.30 bits per heavy atom. The van der Waals surface area contributed by atoms with Gasteiger partial charge in [0, 0.05) is 13.6 Å². The number of carboxylic acids is 1. The Morgan fingerprint density at radius 3 is 2.35 bits per heavy atom. The van der Waals surface area contributed by atoms with Crippen molar-refractivity contribution in [2.45, 2.75) is 20.0 Å². The van der Waals surface area contributed by atoms with Crippen LogP contribution in [0.5, 0.6) is 5.75 Å². The van der Waals surface area contributed by atoms with E-state index in [0.29, 0.717) is 5.75 Å². The summed E-state index contributed by atoms with van der Waals surface area (Å²) in [6, 6.07) is 5.34. The Kier molecular flexibility index (Phi) is 5.49. The van der Waals surface area contributed by atoms with E-state index >= 15 is 0 Å². The summed E-state index contributed by atoms with van der Waals surface area (Å²) in [7, 11) is 1.52. The normalized spacial score (nSPS) is 13.4. The first-order valence-electron chi connectivity index (χ1n) is 6.21. The van der Waals surface area contributed by atoms with Gasteiger partial charge < -0.3 is 14.7 Å². The van der Waals surface area contributed by atoms with Crippen LogP contribution in [-0.4, -0.2) is 41.6 Å². The van der Waals surface area contributed by atoms with Crippen molar-refractivity contribution >= 4 is 11.9 Å². The van der Waals surface area contributed by atoms with Crippen LogP contribution >= 0.6 is 0 Å². The lowest BCUT2D eigenvalue weighted by molar-refractivity contribution is -0.144. The molecule has 110 valence electrons. The van der Waals surface area contributed by atoms with Gasteiger partial charge in [0.25, 0.3) is 5.91 Å². The molecule has 2 atom stereocenters. The Balaban J connectivity index is 2.57. The van der Waals surface area contributed by atoms with Gasteiger partial charge in [0.05, 0.1) is 5.92 Å². The number of hydrogen-bond acceptors (Lipinski definition) is 3. The molecule has 0 aliphatic heterocycles. The smallest absolute Gasteiger partial charge is 0.308 e. The van der Waals surface area contributed by atoms with Crippen LogP contribution in [0.25, 0.3) is 0 Å². The third kappa shape index (κ3) is 4.53. The van der Waals surface area contributed by atoms with Crippen LogP contribution in [-0.2, 0) is 9.59 Å². The van der Waals surface area contributed by atoms with Gasteiger partial charge in [-0.2, -0.15) is 0 Å². The number of likely N-dealkylation sites (N-methyl/N-ethyl adjacent to an activating group) is 1. The zero-order valence-electron chi connectivity index (χ0n) is 11.7. The molecule has 1 rings (SSSR count). The number of aliphatic carboxylic acids is 1. The fraction of sp³-hybridized carbons (Fsp3) is 0.429. The van der Waals surface area contributed by atoms with Crippen molar-refractivity contribution in [3.05, 3.63) is 30.1 Å². The molecule has 5 nitrogen and oxygen atoms in total. The molecular formula is C14H18FNO4. The highest BCUT2D eigenvalue weighted by molar-refractivity contribution is 5.81. The van der Waals surface area contributed by atoms with Gasteiger partial charge in [-0.1, -0.05) is 6.92 Å². The van der Waals surface area contributed by atoms with Crippen LogP contribution in [0.15, 0.2) is 24.3 Å². The van der Waals surface area contributed by atoms with Crippen LogP contribution in [0.1, 0.15) is 13.8 Å². The zero-order chi connectivity index (χ0) is 15.3. The third-order valence-corrected chi connectivity index (χ3v) is 2.82. The highest BCUT2D eigenvalue weighted by Gasteiger charge is 2.22. The average molecular weight is 283 g/mol. The molecule has 0 aliphatic carbocycles. The summed E-state index contributed by atoms with van der Waals surface area (Å²) >= 11 is 0. The molecule has 0 saturated heterocycles. The van der Waals surface area contributed by atoms with Crippen LogP contribution in [0.3, 0.4) is 0 Å². The monoisotopic (exact) mass is 283 g/mol. The number of halogens is 1. The molecule has 0 aliphatic rings. The van der Waals surface area contributed by atoms with Crippen molar-refractivity contribution in [3.63, 3.8) is 0 Å². The second kappa shape index (κ2) is 6.88.